The van der Waals surface area contributed by atoms with Gasteiger partial charge in [0.1, 0.15) is 0 Å². The van der Waals surface area contributed by atoms with Gasteiger partial charge in [-0.2, -0.15) is 0 Å². The first-order chi connectivity index (χ1) is 7.90. The van der Waals surface area contributed by atoms with Crippen molar-refractivity contribution >= 4 is 45.8 Å². The number of hydrogen-bond donors (Lipinski definition) is 2. The monoisotopic (exact) mass is 367 g/mol. The lowest BCUT2D eigenvalue weighted by Crippen LogP contribution is -2.39. The highest BCUT2D eigenvalue weighted by atomic mass is 127. The number of carbonyl (C=O) groups excluding carboxylic acids is 1. The zero-order valence-corrected chi connectivity index (χ0v) is 12.5. The van der Waals surface area contributed by atoms with E-state index in [2.05, 4.69) is 27.9 Å². The molecule has 6 heteroatoms. The first-order valence-corrected chi connectivity index (χ1v) is 7.12. The van der Waals surface area contributed by atoms with Crippen molar-refractivity contribution < 1.29 is 14.7 Å². The molecule has 1 amide bonds. The molecular weight excluding hydrogens is 353 g/mol. The van der Waals surface area contributed by atoms with Gasteiger partial charge in [0.15, 0.2) is 0 Å². The Morgan fingerprint density at radius 2 is 2.18 bits per heavy atom. The molecule has 0 radical (unpaired) electrons. The van der Waals surface area contributed by atoms with Gasteiger partial charge in [-0.1, -0.05) is 13.8 Å². The average molecular weight is 367 g/mol. The number of nitrogens with one attached hydrogen (secondary N) is 1. The van der Waals surface area contributed by atoms with Crippen LogP contribution in [0.5, 0.6) is 0 Å². The maximum absolute atomic E-state index is 11.9. The molecule has 1 aromatic rings. The van der Waals surface area contributed by atoms with Gasteiger partial charge in [0, 0.05) is 11.4 Å². The van der Waals surface area contributed by atoms with Crippen molar-refractivity contribution in [2.75, 3.05) is 0 Å². The summed E-state index contributed by atoms with van der Waals surface area (Å²) in [7, 11) is 0. The Balaban J connectivity index is 2.67. The minimum atomic E-state index is -0.899. The number of amides is 1. The molecule has 0 aliphatic heterocycles. The van der Waals surface area contributed by atoms with Gasteiger partial charge >= 0.3 is 5.97 Å². The zero-order chi connectivity index (χ0) is 13.0. The van der Waals surface area contributed by atoms with Crippen molar-refractivity contribution in [3.05, 3.63) is 19.9 Å². The molecular formula is C11H14INO3S. The summed E-state index contributed by atoms with van der Waals surface area (Å²) in [5.41, 5.74) is 0.593. The van der Waals surface area contributed by atoms with Crippen LogP contribution in [-0.4, -0.2) is 23.0 Å². The van der Waals surface area contributed by atoms with Crippen LogP contribution in [0.25, 0.3) is 0 Å². The van der Waals surface area contributed by atoms with E-state index in [1.54, 1.807) is 11.4 Å². The summed E-state index contributed by atoms with van der Waals surface area (Å²) in [5.74, 6) is -1.01. The van der Waals surface area contributed by atoms with Gasteiger partial charge in [0.05, 0.1) is 14.9 Å². The molecule has 17 heavy (non-hydrogen) atoms. The molecule has 2 N–H and O–H groups in total. The third-order valence-electron chi connectivity index (χ3n) is 2.35. The molecule has 1 rings (SSSR count). The van der Waals surface area contributed by atoms with Gasteiger partial charge in [-0.15, -0.1) is 11.3 Å². The van der Waals surface area contributed by atoms with Crippen LogP contribution in [0, 0.1) is 8.80 Å². The lowest BCUT2D eigenvalue weighted by molar-refractivity contribution is -0.137. The van der Waals surface area contributed by atoms with Crippen molar-refractivity contribution in [1.29, 1.82) is 0 Å². The molecule has 0 aliphatic carbocycles. The predicted octanol–water partition coefficient (Wildman–Crippen LogP) is 2.58. The summed E-state index contributed by atoms with van der Waals surface area (Å²) in [6.45, 7) is 3.79. The second kappa shape index (κ2) is 6.34. The van der Waals surface area contributed by atoms with E-state index in [0.717, 1.165) is 2.88 Å². The second-order valence-electron chi connectivity index (χ2n) is 4.06. The topological polar surface area (TPSA) is 66.4 Å². The van der Waals surface area contributed by atoms with Crippen LogP contribution in [-0.2, 0) is 4.79 Å². The lowest BCUT2D eigenvalue weighted by atomic mass is 10.0. The number of aliphatic carboxylic acids is 1. The Kier molecular flexibility index (Phi) is 5.38. The molecule has 0 bridgehead atoms. The molecule has 94 valence electrons. The minimum absolute atomic E-state index is 0.0510. The van der Waals surface area contributed by atoms with E-state index in [1.807, 2.05) is 13.8 Å². The third kappa shape index (κ3) is 4.63. The fraction of sp³-hybridized carbons (Fsp3) is 0.455. The summed E-state index contributed by atoms with van der Waals surface area (Å²) >= 11 is 3.64. The third-order valence-corrected chi connectivity index (χ3v) is 4.13. The summed E-state index contributed by atoms with van der Waals surface area (Å²) in [6, 6.07) is 1.45. The van der Waals surface area contributed by atoms with Crippen LogP contribution >= 0.6 is 33.9 Å². The number of carbonyl (C=O) groups is 2. The highest BCUT2D eigenvalue weighted by Gasteiger charge is 2.20. The van der Waals surface area contributed by atoms with Crippen LogP contribution in [0.2, 0.25) is 0 Å². The average Bonchev–Trinajstić information content (AvgIpc) is 2.63. The fourth-order valence-electron chi connectivity index (χ4n) is 1.32. The van der Waals surface area contributed by atoms with Crippen molar-refractivity contribution in [3.63, 3.8) is 0 Å². The van der Waals surface area contributed by atoms with E-state index in [1.165, 1.54) is 11.3 Å². The maximum Gasteiger partial charge on any atom is 0.305 e. The minimum Gasteiger partial charge on any atom is -0.481 e. The largest absolute Gasteiger partial charge is 0.481 e. The predicted molar refractivity (Wildman–Crippen MR) is 75.4 cm³/mol. The van der Waals surface area contributed by atoms with Crippen molar-refractivity contribution in [3.8, 4) is 0 Å². The quantitative estimate of drug-likeness (QED) is 0.787. The van der Waals surface area contributed by atoms with Gasteiger partial charge in [0.25, 0.3) is 5.91 Å². The van der Waals surface area contributed by atoms with Crippen molar-refractivity contribution in [2.45, 2.75) is 26.3 Å². The highest BCUT2D eigenvalue weighted by molar-refractivity contribution is 14.1. The van der Waals surface area contributed by atoms with E-state index >= 15 is 0 Å². The molecule has 0 aromatic carbocycles. The van der Waals surface area contributed by atoms with E-state index in [-0.39, 0.29) is 24.3 Å². The summed E-state index contributed by atoms with van der Waals surface area (Å²) in [6.07, 6.45) is -0.0510. The Morgan fingerprint density at radius 1 is 1.53 bits per heavy atom. The van der Waals surface area contributed by atoms with Gasteiger partial charge in [-0.05, 0) is 34.6 Å². The summed E-state index contributed by atoms with van der Waals surface area (Å²) in [4.78, 5) is 22.5. The molecule has 0 fully saturated rings. The second-order valence-corrected chi connectivity index (χ2v) is 6.87. The van der Waals surface area contributed by atoms with Crippen LogP contribution in [0.1, 0.15) is 30.6 Å². The van der Waals surface area contributed by atoms with Gasteiger partial charge < -0.3 is 10.4 Å². The first-order valence-electron chi connectivity index (χ1n) is 5.17. The number of thiophene rings is 1. The molecule has 0 aliphatic rings. The smallest absolute Gasteiger partial charge is 0.305 e. The summed E-state index contributed by atoms with van der Waals surface area (Å²) < 4.78 is 1.03. The standard InChI is InChI=1S/C11H14INO3S/c1-6(2)8(4-10(14)15)13-11(16)7-3-9(12)17-5-7/h3,5-6,8H,4H2,1-2H3,(H,13,16)(H,14,15). The van der Waals surface area contributed by atoms with Crippen LogP contribution in [0.3, 0.4) is 0 Å². The van der Waals surface area contributed by atoms with Gasteiger partial charge in [0.2, 0.25) is 0 Å². The number of carboxylic acids is 1. The molecule has 0 saturated carbocycles. The van der Waals surface area contributed by atoms with Crippen LogP contribution in [0.4, 0.5) is 0 Å². The highest BCUT2D eigenvalue weighted by Crippen LogP contribution is 2.17. The molecule has 1 heterocycles. The molecule has 0 saturated heterocycles. The Labute approximate surface area is 118 Å². The van der Waals surface area contributed by atoms with Crippen LogP contribution < -0.4 is 5.32 Å². The number of halogens is 1. The van der Waals surface area contributed by atoms with Crippen molar-refractivity contribution in [2.24, 2.45) is 5.92 Å². The van der Waals surface area contributed by atoms with E-state index in [0.29, 0.717) is 5.56 Å². The Hall–Kier alpha value is -0.630. The Bertz CT molecular complexity index is 417. The number of rotatable bonds is 5. The Morgan fingerprint density at radius 3 is 2.59 bits per heavy atom. The number of hydrogen-bond acceptors (Lipinski definition) is 3. The first kappa shape index (κ1) is 14.4. The van der Waals surface area contributed by atoms with Gasteiger partial charge in [-0.3, -0.25) is 9.59 Å². The lowest BCUT2D eigenvalue weighted by Gasteiger charge is -2.20. The van der Waals surface area contributed by atoms with E-state index in [4.69, 9.17) is 5.11 Å². The SMILES string of the molecule is CC(C)C(CC(=O)O)NC(=O)c1csc(I)c1. The fourth-order valence-corrected chi connectivity index (χ4v) is 2.65. The molecule has 0 spiro atoms. The zero-order valence-electron chi connectivity index (χ0n) is 9.57. The summed E-state index contributed by atoms with van der Waals surface area (Å²) in [5, 5.41) is 13.3. The normalized spacial score (nSPS) is 12.5. The van der Waals surface area contributed by atoms with Crippen molar-refractivity contribution in [1.82, 2.24) is 5.32 Å². The van der Waals surface area contributed by atoms with E-state index < -0.39 is 5.97 Å². The molecule has 1 unspecified atom stereocenters. The van der Waals surface area contributed by atoms with E-state index in [9.17, 15) is 9.59 Å². The molecule has 1 atom stereocenters. The maximum atomic E-state index is 11.9. The number of carboxylic acid groups (broad SMARTS) is 1. The molecule has 1 aromatic heterocycles. The van der Waals surface area contributed by atoms with Gasteiger partial charge in [-0.25, -0.2) is 0 Å². The molecule has 4 nitrogen and oxygen atoms in total. The van der Waals surface area contributed by atoms with Crippen LogP contribution in [0.15, 0.2) is 11.4 Å².